The molecular weight excluding hydrogens is 178 g/mol. The molecule has 0 atom stereocenters. The summed E-state index contributed by atoms with van der Waals surface area (Å²) in [6, 6.07) is 0. The number of aliphatic imine (C=N–C) groups is 1. The summed E-state index contributed by atoms with van der Waals surface area (Å²) in [7, 11) is 0. The first-order valence-electron chi connectivity index (χ1n) is 4.86. The van der Waals surface area contributed by atoms with Crippen molar-refractivity contribution < 1.29 is 0 Å². The molecule has 2 heterocycles. The number of aryl methyl sites for hydroxylation is 1. The van der Waals surface area contributed by atoms with Gasteiger partial charge in [0.25, 0.3) is 0 Å². The zero-order chi connectivity index (χ0) is 9.80. The molecule has 1 aromatic rings. The smallest absolute Gasteiger partial charge is 0.191 e. The summed E-state index contributed by atoms with van der Waals surface area (Å²) in [5.41, 5.74) is 1.20. The third-order valence-corrected chi connectivity index (χ3v) is 2.07. The van der Waals surface area contributed by atoms with E-state index in [9.17, 15) is 0 Å². The second kappa shape index (κ2) is 4.13. The molecule has 0 saturated carbocycles. The van der Waals surface area contributed by atoms with Gasteiger partial charge in [0, 0.05) is 19.3 Å². The quantitative estimate of drug-likeness (QED) is 0.695. The van der Waals surface area contributed by atoms with Crippen LogP contribution in [0.25, 0.3) is 0 Å². The standard InChI is InChI=1S/C9H15N5/c1-8-6-13-14(7-8)5-4-12-9-10-2-3-11-9/h6-7H,2-5H2,1H3,(H2,10,11,12). The molecular formula is C9H15N5. The highest BCUT2D eigenvalue weighted by Gasteiger charge is 2.02. The van der Waals surface area contributed by atoms with Crippen molar-refractivity contribution in [2.75, 3.05) is 19.6 Å². The lowest BCUT2D eigenvalue weighted by molar-refractivity contribution is 0.600. The Bertz CT molecular complexity index is 328. The molecule has 1 aromatic heterocycles. The van der Waals surface area contributed by atoms with Crippen molar-refractivity contribution in [1.29, 1.82) is 0 Å². The van der Waals surface area contributed by atoms with E-state index in [1.54, 1.807) is 0 Å². The lowest BCUT2D eigenvalue weighted by atomic mass is 10.4. The highest BCUT2D eigenvalue weighted by atomic mass is 15.3. The largest absolute Gasteiger partial charge is 0.355 e. The maximum Gasteiger partial charge on any atom is 0.191 e. The number of hydrogen-bond acceptors (Lipinski definition) is 4. The summed E-state index contributed by atoms with van der Waals surface area (Å²) < 4.78 is 1.93. The van der Waals surface area contributed by atoms with Gasteiger partial charge < -0.3 is 10.6 Å². The van der Waals surface area contributed by atoms with Crippen LogP contribution in [0.5, 0.6) is 0 Å². The number of rotatable bonds is 3. The number of nitrogens with zero attached hydrogens (tertiary/aromatic N) is 3. The molecule has 76 valence electrons. The Morgan fingerprint density at radius 1 is 1.64 bits per heavy atom. The van der Waals surface area contributed by atoms with Gasteiger partial charge in [0.2, 0.25) is 0 Å². The maximum atomic E-state index is 4.24. The number of aromatic nitrogens is 2. The Morgan fingerprint density at radius 2 is 2.57 bits per heavy atom. The number of guanidine groups is 1. The van der Waals surface area contributed by atoms with Crippen LogP contribution in [-0.4, -0.2) is 35.4 Å². The molecule has 0 aromatic carbocycles. The summed E-state index contributed by atoms with van der Waals surface area (Å²) in [5, 5.41) is 10.6. The van der Waals surface area contributed by atoms with E-state index in [4.69, 9.17) is 0 Å². The molecule has 0 radical (unpaired) electrons. The molecule has 2 N–H and O–H groups in total. The van der Waals surface area contributed by atoms with Crippen LogP contribution >= 0.6 is 0 Å². The topological polar surface area (TPSA) is 54.2 Å². The molecule has 5 nitrogen and oxygen atoms in total. The zero-order valence-electron chi connectivity index (χ0n) is 8.32. The van der Waals surface area contributed by atoms with Crippen molar-refractivity contribution in [3.05, 3.63) is 18.0 Å². The fourth-order valence-corrected chi connectivity index (χ4v) is 1.39. The van der Waals surface area contributed by atoms with Crippen molar-refractivity contribution in [2.24, 2.45) is 4.99 Å². The zero-order valence-corrected chi connectivity index (χ0v) is 8.32. The molecule has 0 unspecified atom stereocenters. The molecule has 0 aliphatic carbocycles. The molecule has 14 heavy (non-hydrogen) atoms. The first-order valence-corrected chi connectivity index (χ1v) is 4.86. The van der Waals surface area contributed by atoms with Gasteiger partial charge in [-0.05, 0) is 12.5 Å². The van der Waals surface area contributed by atoms with E-state index in [1.807, 2.05) is 24.0 Å². The van der Waals surface area contributed by atoms with Crippen LogP contribution in [0.15, 0.2) is 17.4 Å². The first kappa shape index (κ1) is 9.05. The van der Waals surface area contributed by atoms with E-state index in [0.29, 0.717) is 0 Å². The minimum Gasteiger partial charge on any atom is -0.355 e. The average Bonchev–Trinajstić information content (AvgIpc) is 2.77. The van der Waals surface area contributed by atoms with Crippen molar-refractivity contribution >= 4 is 5.96 Å². The van der Waals surface area contributed by atoms with Crippen LogP contribution in [0.1, 0.15) is 5.56 Å². The van der Waals surface area contributed by atoms with Crippen LogP contribution in [-0.2, 0) is 6.54 Å². The fourth-order valence-electron chi connectivity index (χ4n) is 1.39. The third-order valence-electron chi connectivity index (χ3n) is 2.07. The predicted octanol–water partition coefficient (Wildman–Crippen LogP) is -0.260. The maximum absolute atomic E-state index is 4.24. The molecule has 0 bridgehead atoms. The van der Waals surface area contributed by atoms with Gasteiger partial charge in [0.15, 0.2) is 5.96 Å². The summed E-state index contributed by atoms with van der Waals surface area (Å²) in [6.07, 6.45) is 3.90. The molecule has 0 fully saturated rings. The lowest BCUT2D eigenvalue weighted by Gasteiger charge is -2.05. The summed E-state index contributed by atoms with van der Waals surface area (Å²) in [5.74, 6) is 0.911. The van der Waals surface area contributed by atoms with Gasteiger partial charge >= 0.3 is 0 Å². The van der Waals surface area contributed by atoms with Crippen molar-refractivity contribution in [3.63, 3.8) is 0 Å². The molecule has 5 heteroatoms. The van der Waals surface area contributed by atoms with Gasteiger partial charge in [-0.25, -0.2) is 0 Å². The highest BCUT2D eigenvalue weighted by Crippen LogP contribution is 1.92. The Morgan fingerprint density at radius 3 is 3.21 bits per heavy atom. The van der Waals surface area contributed by atoms with E-state index in [1.165, 1.54) is 5.56 Å². The molecule has 0 amide bonds. The lowest BCUT2D eigenvalue weighted by Crippen LogP contribution is -2.35. The van der Waals surface area contributed by atoms with Gasteiger partial charge in [0.1, 0.15) is 0 Å². The summed E-state index contributed by atoms with van der Waals surface area (Å²) in [4.78, 5) is 4.24. The normalized spacial score (nSPS) is 15.1. The molecule has 1 aliphatic rings. The van der Waals surface area contributed by atoms with Crippen molar-refractivity contribution in [2.45, 2.75) is 13.5 Å². The van der Waals surface area contributed by atoms with Crippen LogP contribution in [0.3, 0.4) is 0 Å². The second-order valence-corrected chi connectivity index (χ2v) is 3.36. The molecule has 2 rings (SSSR count). The fraction of sp³-hybridized carbons (Fsp3) is 0.556. The molecule has 0 spiro atoms. The average molecular weight is 193 g/mol. The predicted molar refractivity (Wildman–Crippen MR) is 55.3 cm³/mol. The van der Waals surface area contributed by atoms with E-state index in [2.05, 4.69) is 20.7 Å². The van der Waals surface area contributed by atoms with E-state index in [-0.39, 0.29) is 0 Å². The van der Waals surface area contributed by atoms with Crippen LogP contribution in [0.4, 0.5) is 0 Å². The van der Waals surface area contributed by atoms with Gasteiger partial charge in [-0.3, -0.25) is 9.67 Å². The Kier molecular flexibility index (Phi) is 2.67. The minimum absolute atomic E-state index is 0.854. The van der Waals surface area contributed by atoms with Gasteiger partial charge in [-0.2, -0.15) is 5.10 Å². The second-order valence-electron chi connectivity index (χ2n) is 3.36. The summed E-state index contributed by atoms with van der Waals surface area (Å²) in [6.45, 7) is 5.59. The van der Waals surface area contributed by atoms with Gasteiger partial charge in [0.05, 0.1) is 19.3 Å². The van der Waals surface area contributed by atoms with Gasteiger partial charge in [-0.15, -0.1) is 0 Å². The molecule has 1 aliphatic heterocycles. The van der Waals surface area contributed by atoms with E-state index >= 15 is 0 Å². The Balaban J connectivity index is 1.72. The van der Waals surface area contributed by atoms with E-state index < -0.39 is 0 Å². The molecule has 0 saturated heterocycles. The number of nitrogens with one attached hydrogen (secondary N) is 2. The van der Waals surface area contributed by atoms with Crippen LogP contribution < -0.4 is 10.6 Å². The third kappa shape index (κ3) is 2.25. The summed E-state index contributed by atoms with van der Waals surface area (Å²) >= 11 is 0. The SMILES string of the molecule is Cc1cnn(CCNC2=NCCN2)c1. The van der Waals surface area contributed by atoms with E-state index in [0.717, 1.165) is 32.1 Å². The van der Waals surface area contributed by atoms with Crippen molar-refractivity contribution in [3.8, 4) is 0 Å². The van der Waals surface area contributed by atoms with Crippen LogP contribution in [0, 0.1) is 6.92 Å². The Labute approximate surface area is 83.2 Å². The first-order chi connectivity index (χ1) is 6.84. The van der Waals surface area contributed by atoms with Gasteiger partial charge in [-0.1, -0.05) is 0 Å². The monoisotopic (exact) mass is 193 g/mol. The minimum atomic E-state index is 0.854. The highest BCUT2D eigenvalue weighted by molar-refractivity contribution is 5.81. The Hall–Kier alpha value is -1.52. The van der Waals surface area contributed by atoms with Crippen LogP contribution in [0.2, 0.25) is 0 Å². The van der Waals surface area contributed by atoms with Crippen molar-refractivity contribution in [1.82, 2.24) is 20.4 Å². The number of hydrogen-bond donors (Lipinski definition) is 2.